The van der Waals surface area contributed by atoms with E-state index in [-0.39, 0.29) is 11.7 Å². The Morgan fingerprint density at radius 1 is 0.826 bits per heavy atom. The molecule has 0 spiro atoms. The summed E-state index contributed by atoms with van der Waals surface area (Å²) < 4.78 is 0. The summed E-state index contributed by atoms with van der Waals surface area (Å²) in [5.74, 6) is -0.609. The number of likely N-dealkylation sites (tertiary alicyclic amines) is 1. The Morgan fingerprint density at radius 2 is 1.30 bits per heavy atom. The van der Waals surface area contributed by atoms with E-state index in [1.807, 2.05) is 18.7 Å². The normalized spacial score (nSPS) is 14.2. The number of carboxylic acids is 1. The fourth-order valence-electron chi connectivity index (χ4n) is 1.74. The molecule has 1 heterocycles. The molecule has 0 unspecified atom stereocenters. The van der Waals surface area contributed by atoms with Crippen LogP contribution >= 0.6 is 0 Å². The Labute approximate surface area is 139 Å². The van der Waals surface area contributed by atoms with Gasteiger partial charge in [-0.05, 0) is 59.1 Å². The Morgan fingerprint density at radius 3 is 1.57 bits per heavy atom. The van der Waals surface area contributed by atoms with Gasteiger partial charge in [0.15, 0.2) is 5.78 Å². The van der Waals surface area contributed by atoms with Gasteiger partial charge in [0.1, 0.15) is 0 Å². The largest absolute Gasteiger partial charge is 0.478 e. The van der Waals surface area contributed by atoms with E-state index in [2.05, 4.69) is 0 Å². The van der Waals surface area contributed by atoms with Crippen molar-refractivity contribution < 1.29 is 19.5 Å². The molecule has 1 fully saturated rings. The second kappa shape index (κ2) is 16.2. The summed E-state index contributed by atoms with van der Waals surface area (Å²) >= 11 is 0. The van der Waals surface area contributed by atoms with Gasteiger partial charge < -0.3 is 10.0 Å². The molecule has 5 heteroatoms. The first-order valence-corrected chi connectivity index (χ1v) is 7.79. The van der Waals surface area contributed by atoms with Crippen molar-refractivity contribution in [3.05, 3.63) is 36.5 Å². The lowest BCUT2D eigenvalue weighted by molar-refractivity contribution is -0.131. The number of hydrogen-bond acceptors (Lipinski definition) is 3. The van der Waals surface area contributed by atoms with E-state index in [9.17, 15) is 14.4 Å². The molecule has 0 aromatic heterocycles. The topological polar surface area (TPSA) is 74.7 Å². The van der Waals surface area contributed by atoms with Gasteiger partial charge in [0.05, 0.1) is 0 Å². The van der Waals surface area contributed by atoms with Gasteiger partial charge in [0, 0.05) is 19.2 Å². The molecule has 0 bridgehead atoms. The van der Waals surface area contributed by atoms with E-state index >= 15 is 0 Å². The Bertz CT molecular complexity index is 408. The van der Waals surface area contributed by atoms with Crippen LogP contribution < -0.4 is 0 Å². The monoisotopic (exact) mass is 323 g/mol. The van der Waals surface area contributed by atoms with Gasteiger partial charge in [-0.15, -0.1) is 0 Å². The fourth-order valence-corrected chi connectivity index (χ4v) is 1.74. The average molecular weight is 323 g/mol. The molecule has 1 aliphatic heterocycles. The van der Waals surface area contributed by atoms with Crippen molar-refractivity contribution >= 4 is 17.7 Å². The summed E-state index contributed by atoms with van der Waals surface area (Å²) in [6.45, 7) is 8.78. The molecular weight excluding hydrogens is 294 g/mol. The zero-order chi connectivity index (χ0) is 18.1. The molecule has 0 radical (unpaired) electrons. The molecule has 0 aromatic carbocycles. The smallest absolute Gasteiger partial charge is 0.327 e. The zero-order valence-electron chi connectivity index (χ0n) is 14.6. The maximum Gasteiger partial charge on any atom is 0.327 e. The van der Waals surface area contributed by atoms with Gasteiger partial charge in [-0.3, -0.25) is 9.59 Å². The lowest BCUT2D eigenvalue weighted by Crippen LogP contribution is -2.34. The van der Waals surface area contributed by atoms with Crippen LogP contribution in [0, 0.1) is 0 Å². The number of allylic oxidation sites excluding steroid dienone is 4. The molecule has 1 rings (SSSR count). The summed E-state index contributed by atoms with van der Waals surface area (Å²) in [4.78, 5) is 32.6. The first-order valence-electron chi connectivity index (χ1n) is 7.79. The van der Waals surface area contributed by atoms with Gasteiger partial charge >= 0.3 is 5.97 Å². The van der Waals surface area contributed by atoms with Gasteiger partial charge in [0.2, 0.25) is 5.91 Å². The van der Waals surface area contributed by atoms with E-state index in [1.54, 1.807) is 25.2 Å². The Balaban J connectivity index is 0. The highest BCUT2D eigenvalue weighted by molar-refractivity contribution is 5.87. The SMILES string of the molecule is C/C=C/C(=O)N1CCCCC1.C/C=C/C(=O)O.C/C=C/C(C)=O. The van der Waals surface area contributed by atoms with Gasteiger partial charge in [-0.25, -0.2) is 4.79 Å². The van der Waals surface area contributed by atoms with Gasteiger partial charge in [-0.2, -0.15) is 0 Å². The summed E-state index contributed by atoms with van der Waals surface area (Å²) in [5.41, 5.74) is 0. The highest BCUT2D eigenvalue weighted by Gasteiger charge is 2.12. The van der Waals surface area contributed by atoms with Gasteiger partial charge in [0.25, 0.3) is 0 Å². The average Bonchev–Trinajstić information content (AvgIpc) is 2.49. The molecule has 0 aromatic rings. The molecular formula is C18H29NO4. The third-order valence-electron chi connectivity index (χ3n) is 2.69. The first kappa shape index (κ1) is 23.1. The lowest BCUT2D eigenvalue weighted by Gasteiger charge is -2.25. The van der Waals surface area contributed by atoms with Crippen molar-refractivity contribution in [1.82, 2.24) is 4.90 Å². The van der Waals surface area contributed by atoms with Crippen molar-refractivity contribution in [2.45, 2.75) is 47.0 Å². The minimum Gasteiger partial charge on any atom is -0.478 e. The second-order valence-corrected chi connectivity index (χ2v) is 4.83. The first-order chi connectivity index (χ1) is 10.9. The van der Waals surface area contributed by atoms with Crippen LogP contribution in [0.25, 0.3) is 0 Å². The minimum atomic E-state index is -0.891. The second-order valence-electron chi connectivity index (χ2n) is 4.83. The van der Waals surface area contributed by atoms with E-state index in [0.29, 0.717) is 0 Å². The van der Waals surface area contributed by atoms with E-state index in [1.165, 1.54) is 38.3 Å². The maximum atomic E-state index is 11.2. The maximum absolute atomic E-state index is 11.2. The number of piperidine rings is 1. The van der Waals surface area contributed by atoms with Crippen molar-refractivity contribution in [3.8, 4) is 0 Å². The molecule has 1 saturated heterocycles. The molecule has 130 valence electrons. The lowest BCUT2D eigenvalue weighted by atomic mass is 10.1. The predicted octanol–water partition coefficient (Wildman–Crippen LogP) is 3.37. The molecule has 0 aliphatic carbocycles. The van der Waals surface area contributed by atoms with Crippen LogP contribution in [-0.4, -0.2) is 40.8 Å². The van der Waals surface area contributed by atoms with E-state index < -0.39 is 5.97 Å². The molecule has 1 aliphatic rings. The number of aliphatic carboxylic acids is 1. The van der Waals surface area contributed by atoms with Crippen molar-refractivity contribution in [3.63, 3.8) is 0 Å². The number of carbonyl (C=O) groups is 3. The third kappa shape index (κ3) is 17.8. The Hall–Kier alpha value is -2.17. The van der Waals surface area contributed by atoms with Gasteiger partial charge in [-0.1, -0.05) is 18.2 Å². The number of hydrogen-bond donors (Lipinski definition) is 1. The highest BCUT2D eigenvalue weighted by Crippen LogP contribution is 2.08. The van der Waals surface area contributed by atoms with Crippen LogP contribution in [0.15, 0.2) is 36.5 Å². The van der Waals surface area contributed by atoms with Crippen molar-refractivity contribution in [1.29, 1.82) is 0 Å². The van der Waals surface area contributed by atoms with E-state index in [4.69, 9.17) is 5.11 Å². The third-order valence-corrected chi connectivity index (χ3v) is 2.69. The summed E-state index contributed by atoms with van der Waals surface area (Å²) in [5, 5.41) is 7.83. The highest BCUT2D eigenvalue weighted by atomic mass is 16.4. The number of rotatable bonds is 3. The Kier molecular flexibility index (Phi) is 16.3. The van der Waals surface area contributed by atoms with Crippen LogP contribution in [0.4, 0.5) is 0 Å². The zero-order valence-corrected chi connectivity index (χ0v) is 14.6. The molecule has 0 atom stereocenters. The predicted molar refractivity (Wildman–Crippen MR) is 93.2 cm³/mol. The van der Waals surface area contributed by atoms with Crippen LogP contribution in [0.1, 0.15) is 47.0 Å². The van der Waals surface area contributed by atoms with E-state index in [0.717, 1.165) is 19.2 Å². The standard InChI is InChI=1S/C9H15NO.C5H8O.C4H6O2/c1-2-6-9(11)10-7-4-3-5-8-10;1-3-4-5(2)6;1-2-3-4(5)6/h2,6H,3-5,7-8H2,1H3;3-4H,1-2H3;2-3H,1H3,(H,5,6)/b6-2+;4-3+;3-2+. The summed E-state index contributed by atoms with van der Waals surface area (Å²) in [6, 6.07) is 0. The van der Waals surface area contributed by atoms with Crippen molar-refractivity contribution in [2.24, 2.45) is 0 Å². The van der Waals surface area contributed by atoms with Crippen LogP contribution in [-0.2, 0) is 14.4 Å². The van der Waals surface area contributed by atoms with Crippen molar-refractivity contribution in [2.75, 3.05) is 13.1 Å². The number of ketones is 1. The van der Waals surface area contributed by atoms with Crippen LogP contribution in [0.3, 0.4) is 0 Å². The molecule has 23 heavy (non-hydrogen) atoms. The molecule has 1 N–H and O–H groups in total. The quantitative estimate of drug-likeness (QED) is 0.808. The minimum absolute atomic E-state index is 0.109. The number of carboxylic acid groups (broad SMARTS) is 1. The molecule has 0 saturated carbocycles. The molecule has 1 amide bonds. The van der Waals surface area contributed by atoms with Crippen LogP contribution in [0.5, 0.6) is 0 Å². The fraction of sp³-hybridized carbons (Fsp3) is 0.500. The number of amides is 1. The number of nitrogens with zero attached hydrogens (tertiary/aromatic N) is 1. The number of carbonyl (C=O) groups excluding carboxylic acids is 2. The molecule has 5 nitrogen and oxygen atoms in total. The summed E-state index contributed by atoms with van der Waals surface area (Å²) in [7, 11) is 0. The summed E-state index contributed by atoms with van der Waals surface area (Å²) in [6.07, 6.45) is 12.9. The van der Waals surface area contributed by atoms with Crippen LogP contribution in [0.2, 0.25) is 0 Å².